The first-order chi connectivity index (χ1) is 25.4. The van der Waals surface area contributed by atoms with E-state index in [1.54, 1.807) is 0 Å². The van der Waals surface area contributed by atoms with E-state index in [1.807, 2.05) is 35.7 Å². The van der Waals surface area contributed by atoms with E-state index >= 15 is 0 Å². The molecule has 6 aromatic carbocycles. The molecule has 7 heteroatoms. The number of ether oxygens (including phenoxy) is 1. The molecule has 1 aliphatic rings. The Morgan fingerprint density at radius 2 is 1.43 bits per heavy atom. The van der Waals surface area contributed by atoms with Gasteiger partial charge >= 0.3 is 0 Å². The largest absolute Gasteiger partial charge is 0.509 e. The number of benzene rings is 6. The Bertz CT molecular complexity index is 2820. The van der Waals surface area contributed by atoms with E-state index in [0.717, 1.165) is 44.7 Å². The van der Waals surface area contributed by atoms with Crippen LogP contribution in [-0.2, 0) is 26.5 Å². The minimum atomic E-state index is -0.00935. The van der Waals surface area contributed by atoms with Gasteiger partial charge in [-0.25, -0.2) is 4.98 Å². The number of aromatic nitrogens is 2. The van der Waals surface area contributed by atoms with Crippen LogP contribution in [0.4, 0.5) is 22.7 Å². The first-order valence-electron chi connectivity index (χ1n) is 17.5. The topological polar surface area (TPSA) is 33.5 Å². The van der Waals surface area contributed by atoms with Crippen LogP contribution in [0.15, 0.2) is 140 Å². The maximum Gasteiger partial charge on any atom is 0.135 e. The van der Waals surface area contributed by atoms with E-state index in [1.165, 1.54) is 31.4 Å². The van der Waals surface area contributed by atoms with Crippen molar-refractivity contribution in [1.29, 1.82) is 0 Å². The fourth-order valence-corrected chi connectivity index (χ4v) is 8.58. The van der Waals surface area contributed by atoms with Crippen LogP contribution >= 0.6 is 11.3 Å². The van der Waals surface area contributed by atoms with Crippen molar-refractivity contribution in [1.82, 2.24) is 9.55 Å². The number of thiophene rings is 1. The molecule has 0 N–H and O–H groups in total. The smallest absolute Gasteiger partial charge is 0.135 e. The minimum Gasteiger partial charge on any atom is -0.509 e. The molecule has 0 spiro atoms. The molecule has 3 aromatic heterocycles. The van der Waals surface area contributed by atoms with Gasteiger partial charge in [0.1, 0.15) is 5.82 Å². The maximum atomic E-state index is 6.56. The van der Waals surface area contributed by atoms with Crippen LogP contribution in [0, 0.1) is 18.8 Å². The summed E-state index contributed by atoms with van der Waals surface area (Å²) in [5.74, 6) is 2.08. The van der Waals surface area contributed by atoms with Crippen molar-refractivity contribution >= 4 is 76.1 Å². The summed E-state index contributed by atoms with van der Waals surface area (Å²) in [4.78, 5) is 9.32. The molecule has 1 aliphatic heterocycles. The minimum absolute atomic E-state index is 0. The van der Waals surface area contributed by atoms with Gasteiger partial charge < -0.3 is 19.1 Å². The summed E-state index contributed by atoms with van der Waals surface area (Å²) in [6.07, 6.45) is 1.90. The number of hydrogen-bond donors (Lipinski definition) is 0. The Labute approximate surface area is 327 Å². The first-order valence-corrected chi connectivity index (χ1v) is 18.3. The van der Waals surface area contributed by atoms with Crippen LogP contribution in [-0.4, -0.2) is 9.55 Å². The summed E-state index contributed by atoms with van der Waals surface area (Å²) in [6, 6.07) is 53.7. The van der Waals surface area contributed by atoms with E-state index in [9.17, 15) is 0 Å². The summed E-state index contributed by atoms with van der Waals surface area (Å²) in [6.45, 7) is 8.84. The molecule has 0 amide bonds. The molecule has 4 heterocycles. The number of anilines is 4. The van der Waals surface area contributed by atoms with Crippen molar-refractivity contribution in [3.63, 3.8) is 0 Å². The van der Waals surface area contributed by atoms with E-state index in [0.29, 0.717) is 11.5 Å². The Morgan fingerprint density at radius 3 is 2.28 bits per heavy atom. The van der Waals surface area contributed by atoms with Crippen LogP contribution in [0.25, 0.3) is 47.8 Å². The number of hydrogen-bond acceptors (Lipinski definition) is 5. The fourth-order valence-electron chi connectivity index (χ4n) is 7.34. The van der Waals surface area contributed by atoms with Crippen molar-refractivity contribution in [2.75, 3.05) is 9.80 Å². The second-order valence-electron chi connectivity index (χ2n) is 14.2. The van der Waals surface area contributed by atoms with Crippen LogP contribution in [0.5, 0.6) is 11.5 Å². The molecule has 0 atom stereocenters. The summed E-state index contributed by atoms with van der Waals surface area (Å²) in [7, 11) is 0. The summed E-state index contributed by atoms with van der Waals surface area (Å²) >= 11 is 1.84. The van der Waals surface area contributed by atoms with Gasteiger partial charge in [0, 0.05) is 71.1 Å². The number of pyridine rings is 1. The monoisotopic (exact) mass is 884 g/mol. The van der Waals surface area contributed by atoms with Gasteiger partial charge in [0.15, 0.2) is 0 Å². The number of nitrogens with zero attached hydrogens (tertiary/aromatic N) is 4. The molecular formula is C46H33N4OPtS-3. The molecule has 0 fully saturated rings. The zero-order valence-corrected chi connectivity index (χ0v) is 32.4. The average molecular weight is 885 g/mol. The maximum absolute atomic E-state index is 6.56. The molecule has 0 saturated carbocycles. The van der Waals surface area contributed by atoms with Crippen molar-refractivity contribution in [3.05, 3.63) is 164 Å². The molecule has 0 aliphatic carbocycles. The van der Waals surface area contributed by atoms with E-state index < -0.39 is 0 Å². The SMILES string of the molecule is CC(C)(C)c1ccnc(-n2c3[c-]c(Oc4[c-]c(N5[CH-]N(c6ccccc6)c6c5ccc5c6sc6ccccc65)ccc4)ccc3c3ccccc32)c1.[Pt]. The fraction of sp³-hybridized carbons (Fsp3) is 0.0870. The van der Waals surface area contributed by atoms with Crippen LogP contribution in [0.1, 0.15) is 26.3 Å². The van der Waals surface area contributed by atoms with Gasteiger partial charge in [-0.05, 0) is 58.8 Å². The van der Waals surface area contributed by atoms with Crippen LogP contribution in [0.2, 0.25) is 0 Å². The van der Waals surface area contributed by atoms with Crippen molar-refractivity contribution < 1.29 is 25.8 Å². The zero-order valence-electron chi connectivity index (χ0n) is 29.3. The third kappa shape index (κ3) is 5.60. The molecule has 0 radical (unpaired) electrons. The van der Waals surface area contributed by atoms with Gasteiger partial charge in [-0.3, -0.25) is 0 Å². The van der Waals surface area contributed by atoms with Crippen molar-refractivity contribution in [2.24, 2.45) is 0 Å². The third-order valence-corrected chi connectivity index (χ3v) is 11.1. The van der Waals surface area contributed by atoms with Gasteiger partial charge in [0.2, 0.25) is 0 Å². The predicted octanol–water partition coefficient (Wildman–Crippen LogP) is 12.6. The molecular weight excluding hydrogens is 852 g/mol. The average Bonchev–Trinajstić information content (AvgIpc) is 3.85. The van der Waals surface area contributed by atoms with E-state index in [2.05, 4.69) is 169 Å². The molecule has 0 bridgehead atoms. The summed E-state index contributed by atoms with van der Waals surface area (Å²) < 4.78 is 11.3. The van der Waals surface area contributed by atoms with E-state index in [-0.39, 0.29) is 26.5 Å². The van der Waals surface area contributed by atoms with Crippen LogP contribution in [0.3, 0.4) is 0 Å². The number of para-hydroxylation sites is 2. The number of rotatable bonds is 5. The van der Waals surface area contributed by atoms with Crippen molar-refractivity contribution in [2.45, 2.75) is 26.2 Å². The second kappa shape index (κ2) is 12.9. The molecule has 5 nitrogen and oxygen atoms in total. The van der Waals surface area contributed by atoms with Crippen LogP contribution < -0.4 is 14.5 Å². The third-order valence-electron chi connectivity index (χ3n) is 9.90. The quantitative estimate of drug-likeness (QED) is 0.161. The summed E-state index contributed by atoms with van der Waals surface area (Å²) in [5.41, 5.74) is 7.46. The van der Waals surface area contributed by atoms with Gasteiger partial charge in [-0.1, -0.05) is 87.0 Å². The Hall–Kier alpha value is -5.42. The van der Waals surface area contributed by atoms with Crippen molar-refractivity contribution in [3.8, 4) is 17.3 Å². The van der Waals surface area contributed by atoms with Gasteiger partial charge in [-0.15, -0.1) is 59.4 Å². The van der Waals surface area contributed by atoms with Gasteiger partial charge in [0.25, 0.3) is 0 Å². The Balaban J connectivity index is 0.00000372. The molecule has 53 heavy (non-hydrogen) atoms. The molecule has 10 rings (SSSR count). The van der Waals surface area contributed by atoms with E-state index in [4.69, 9.17) is 9.72 Å². The Kier molecular flexibility index (Phi) is 8.14. The molecule has 0 unspecified atom stereocenters. The second-order valence-corrected chi connectivity index (χ2v) is 15.2. The van der Waals surface area contributed by atoms with Gasteiger partial charge in [-0.2, -0.15) is 12.1 Å². The predicted molar refractivity (Wildman–Crippen MR) is 216 cm³/mol. The first kappa shape index (κ1) is 33.4. The zero-order chi connectivity index (χ0) is 35.0. The number of fused-ring (bicyclic) bond motifs is 8. The standard InChI is InChI=1S/C46H33N4OS.Pt/c1-46(2,3)30-24-25-47-43(26-30)50-39-18-9-7-16-35(39)36-21-20-34(28-41(36)50)51-33-15-11-14-32(27-33)48-29-49(31-12-5-4-6-13-31)44-40(48)23-22-38-37-17-8-10-19-42(37)52-45(38)44;/h4-26,29H,1-3H3;/q-3;. The van der Waals surface area contributed by atoms with Gasteiger partial charge in [0.05, 0.1) is 10.4 Å². The summed E-state index contributed by atoms with van der Waals surface area (Å²) in [5, 5.41) is 4.79. The molecule has 0 saturated heterocycles. The molecule has 9 aromatic rings. The normalized spacial score (nSPS) is 12.9. The molecule has 262 valence electrons. The Morgan fingerprint density at radius 1 is 0.679 bits per heavy atom.